The van der Waals surface area contributed by atoms with Crippen LogP contribution < -0.4 is 5.32 Å². The second-order valence-corrected chi connectivity index (χ2v) is 4.98. The van der Waals surface area contributed by atoms with Gasteiger partial charge in [0, 0.05) is 16.0 Å². The number of hydrogen-bond acceptors (Lipinski definition) is 3. The Balaban J connectivity index is 2.05. The molecule has 1 N–H and O–H groups in total. The average Bonchev–Trinajstić information content (AvgIpc) is 2.57. The summed E-state index contributed by atoms with van der Waals surface area (Å²) in [4.78, 5) is 6.44. The Morgan fingerprint density at radius 2 is 2.25 bits per heavy atom. The molecule has 0 bridgehead atoms. The molecule has 2 rings (SSSR count). The third-order valence-corrected chi connectivity index (χ3v) is 3.56. The first-order valence-electron chi connectivity index (χ1n) is 5.07. The molecule has 2 nitrogen and oxygen atoms in total. The molecule has 4 heteroatoms. The predicted octanol–water partition coefficient (Wildman–Crippen LogP) is 3.51. The van der Waals surface area contributed by atoms with Crippen molar-refractivity contribution in [3.8, 4) is 0 Å². The van der Waals surface area contributed by atoms with Crippen molar-refractivity contribution in [3.63, 3.8) is 0 Å². The molecule has 0 atom stereocenters. The Kier molecular flexibility index (Phi) is 3.19. The smallest absolute Gasteiger partial charge is 0.165 e. The van der Waals surface area contributed by atoms with Crippen molar-refractivity contribution < 1.29 is 4.39 Å². The lowest BCUT2D eigenvalue weighted by molar-refractivity contribution is 0.624. The lowest BCUT2D eigenvalue weighted by atomic mass is 10.3. The lowest BCUT2D eigenvalue weighted by Gasteiger charge is -2.03. The van der Waals surface area contributed by atoms with E-state index in [-0.39, 0.29) is 5.82 Å². The Labute approximate surface area is 98.2 Å². The van der Waals surface area contributed by atoms with Gasteiger partial charge in [0.05, 0.1) is 6.54 Å². The fourth-order valence-electron chi connectivity index (χ4n) is 1.42. The van der Waals surface area contributed by atoms with E-state index in [1.54, 1.807) is 23.6 Å². The summed E-state index contributed by atoms with van der Waals surface area (Å²) in [5, 5.41) is 2.99. The van der Waals surface area contributed by atoms with E-state index < -0.39 is 0 Å². The fourth-order valence-corrected chi connectivity index (χ4v) is 2.42. The molecule has 0 fully saturated rings. The lowest BCUT2D eigenvalue weighted by Crippen LogP contribution is -2.01. The Morgan fingerprint density at radius 3 is 2.88 bits per heavy atom. The number of rotatable bonds is 3. The van der Waals surface area contributed by atoms with Crippen LogP contribution in [0.1, 0.15) is 15.3 Å². The molecule has 0 saturated heterocycles. The summed E-state index contributed by atoms with van der Waals surface area (Å²) in [6.45, 7) is 4.79. The van der Waals surface area contributed by atoms with Gasteiger partial charge in [-0.3, -0.25) is 0 Å². The summed E-state index contributed by atoms with van der Waals surface area (Å²) in [5.74, 6) is -0.00120. The molecule has 2 aromatic heterocycles. The summed E-state index contributed by atoms with van der Waals surface area (Å²) in [6.07, 6.45) is 1.58. The van der Waals surface area contributed by atoms with E-state index >= 15 is 0 Å². The predicted molar refractivity (Wildman–Crippen MR) is 65.3 cm³/mol. The van der Waals surface area contributed by atoms with Crippen molar-refractivity contribution in [2.24, 2.45) is 0 Å². The Morgan fingerprint density at radius 1 is 1.44 bits per heavy atom. The highest BCUT2D eigenvalue weighted by Gasteiger charge is 2.04. The first-order chi connectivity index (χ1) is 7.66. The number of pyridine rings is 1. The van der Waals surface area contributed by atoms with Crippen molar-refractivity contribution in [1.82, 2.24) is 4.98 Å². The van der Waals surface area contributed by atoms with Gasteiger partial charge in [-0.25, -0.2) is 9.37 Å². The fraction of sp³-hybridized carbons (Fsp3) is 0.250. The maximum atomic E-state index is 13.3. The van der Waals surface area contributed by atoms with Crippen LogP contribution in [0.5, 0.6) is 0 Å². The second kappa shape index (κ2) is 4.61. The van der Waals surface area contributed by atoms with E-state index in [1.165, 1.54) is 21.4 Å². The number of aryl methyl sites for hydroxylation is 2. The van der Waals surface area contributed by atoms with Crippen LogP contribution in [0.4, 0.5) is 10.2 Å². The van der Waals surface area contributed by atoms with Crippen molar-refractivity contribution >= 4 is 17.2 Å². The van der Waals surface area contributed by atoms with E-state index in [4.69, 9.17) is 0 Å². The number of nitrogens with one attached hydrogen (secondary N) is 1. The van der Waals surface area contributed by atoms with Gasteiger partial charge in [0.1, 0.15) is 0 Å². The zero-order valence-electron chi connectivity index (χ0n) is 9.25. The van der Waals surface area contributed by atoms with E-state index in [0.29, 0.717) is 12.4 Å². The van der Waals surface area contributed by atoms with Gasteiger partial charge in [0.25, 0.3) is 0 Å². The van der Waals surface area contributed by atoms with E-state index in [9.17, 15) is 4.39 Å². The monoisotopic (exact) mass is 236 g/mol. The van der Waals surface area contributed by atoms with E-state index in [1.807, 2.05) is 0 Å². The summed E-state index contributed by atoms with van der Waals surface area (Å²) < 4.78 is 13.3. The molecule has 84 valence electrons. The highest BCUT2D eigenvalue weighted by Crippen LogP contribution is 2.21. The maximum Gasteiger partial charge on any atom is 0.165 e. The van der Waals surface area contributed by atoms with Crippen LogP contribution in [0.2, 0.25) is 0 Å². The van der Waals surface area contributed by atoms with Crippen LogP contribution in [-0.4, -0.2) is 4.98 Å². The Hall–Kier alpha value is -1.42. The number of hydrogen-bond donors (Lipinski definition) is 1. The summed E-state index contributed by atoms with van der Waals surface area (Å²) in [5.41, 5.74) is 1.28. The molecule has 0 radical (unpaired) electrons. The van der Waals surface area contributed by atoms with Crippen LogP contribution in [0.15, 0.2) is 24.4 Å². The molecule has 2 aromatic rings. The van der Waals surface area contributed by atoms with Gasteiger partial charge in [-0.05, 0) is 37.6 Å². The minimum absolute atomic E-state index is 0.311. The van der Waals surface area contributed by atoms with Gasteiger partial charge >= 0.3 is 0 Å². The second-order valence-electron chi connectivity index (χ2n) is 3.64. The molecule has 0 aliphatic heterocycles. The van der Waals surface area contributed by atoms with Crippen LogP contribution in [0.3, 0.4) is 0 Å². The third-order valence-electron chi connectivity index (χ3n) is 2.41. The van der Waals surface area contributed by atoms with Crippen molar-refractivity contribution in [2.45, 2.75) is 20.4 Å². The van der Waals surface area contributed by atoms with Crippen LogP contribution in [-0.2, 0) is 6.54 Å². The highest BCUT2D eigenvalue weighted by atomic mass is 32.1. The molecule has 0 aliphatic rings. The molecular formula is C12H13FN2S. The zero-order chi connectivity index (χ0) is 11.5. The van der Waals surface area contributed by atoms with Crippen LogP contribution >= 0.6 is 11.3 Å². The van der Waals surface area contributed by atoms with Gasteiger partial charge in [-0.2, -0.15) is 0 Å². The summed E-state index contributed by atoms with van der Waals surface area (Å²) in [7, 11) is 0. The van der Waals surface area contributed by atoms with Gasteiger partial charge in [-0.15, -0.1) is 11.3 Å². The molecule has 0 aromatic carbocycles. The molecule has 16 heavy (non-hydrogen) atoms. The number of anilines is 1. The molecule has 2 heterocycles. The van der Waals surface area contributed by atoms with Gasteiger partial charge in [0.2, 0.25) is 0 Å². The number of halogens is 1. The minimum atomic E-state index is -0.312. The number of thiophene rings is 1. The average molecular weight is 236 g/mol. The zero-order valence-corrected chi connectivity index (χ0v) is 10.1. The van der Waals surface area contributed by atoms with Gasteiger partial charge in [0.15, 0.2) is 11.6 Å². The minimum Gasteiger partial charge on any atom is -0.363 e. The van der Waals surface area contributed by atoms with Crippen molar-refractivity contribution in [1.29, 1.82) is 0 Å². The molecule has 0 saturated carbocycles. The Bertz CT molecular complexity index is 474. The molecule has 0 amide bonds. The largest absolute Gasteiger partial charge is 0.363 e. The third kappa shape index (κ3) is 2.39. The van der Waals surface area contributed by atoms with Crippen molar-refractivity contribution in [3.05, 3.63) is 45.5 Å². The number of nitrogens with zero attached hydrogens (tertiary/aromatic N) is 1. The van der Waals surface area contributed by atoms with Crippen molar-refractivity contribution in [2.75, 3.05) is 5.32 Å². The standard InChI is InChI=1S/C12H13FN2S/c1-8-6-10(16-9(8)2)7-15-12-11(13)4-3-5-14-12/h3-6H,7H2,1-2H3,(H,14,15). The first-order valence-corrected chi connectivity index (χ1v) is 5.89. The first kappa shape index (κ1) is 11.1. The number of aromatic nitrogens is 1. The van der Waals surface area contributed by atoms with Crippen LogP contribution in [0, 0.1) is 19.7 Å². The van der Waals surface area contributed by atoms with Crippen LogP contribution in [0.25, 0.3) is 0 Å². The molecular weight excluding hydrogens is 223 g/mol. The van der Waals surface area contributed by atoms with Gasteiger partial charge < -0.3 is 5.32 Å². The highest BCUT2D eigenvalue weighted by molar-refractivity contribution is 7.12. The van der Waals surface area contributed by atoms with Gasteiger partial charge in [-0.1, -0.05) is 0 Å². The quantitative estimate of drug-likeness (QED) is 0.882. The normalized spacial score (nSPS) is 10.4. The summed E-state index contributed by atoms with van der Waals surface area (Å²) in [6, 6.07) is 5.11. The molecule has 0 spiro atoms. The maximum absolute atomic E-state index is 13.3. The molecule has 0 unspecified atom stereocenters. The summed E-state index contributed by atoms with van der Waals surface area (Å²) >= 11 is 1.73. The topological polar surface area (TPSA) is 24.9 Å². The molecule has 0 aliphatic carbocycles. The SMILES string of the molecule is Cc1cc(CNc2ncccc2F)sc1C. The van der Waals surface area contributed by atoms with E-state index in [0.717, 1.165) is 0 Å². The van der Waals surface area contributed by atoms with E-state index in [2.05, 4.69) is 30.2 Å².